The fourth-order valence-electron chi connectivity index (χ4n) is 2.60. The first kappa shape index (κ1) is 13.5. The molecule has 4 heteroatoms. The molecule has 0 radical (unpaired) electrons. The lowest BCUT2D eigenvalue weighted by atomic mass is 10.0. The molecule has 2 heterocycles. The first-order valence-electron chi connectivity index (χ1n) is 6.86. The Morgan fingerprint density at radius 2 is 1.86 bits per heavy atom. The first-order valence-corrected chi connectivity index (χ1v) is 6.86. The van der Waals surface area contributed by atoms with Crippen LogP contribution in [-0.2, 0) is 0 Å². The van der Waals surface area contributed by atoms with Crippen LogP contribution in [0.4, 0.5) is 0 Å². The van der Waals surface area contributed by atoms with Crippen LogP contribution in [0.25, 0.3) is 23.5 Å². The van der Waals surface area contributed by atoms with E-state index in [2.05, 4.69) is 22.7 Å². The summed E-state index contributed by atoms with van der Waals surface area (Å²) in [6.45, 7) is 11.7. The summed E-state index contributed by atoms with van der Waals surface area (Å²) in [5, 5.41) is 4.93. The second-order valence-electron chi connectivity index (χ2n) is 5.51. The van der Waals surface area contributed by atoms with E-state index < -0.39 is 0 Å². The van der Waals surface area contributed by atoms with Gasteiger partial charge in [0.05, 0.1) is 11.4 Å². The summed E-state index contributed by atoms with van der Waals surface area (Å²) in [7, 11) is 0. The van der Waals surface area contributed by atoms with Crippen LogP contribution in [0.2, 0.25) is 0 Å². The van der Waals surface area contributed by atoms with Crippen LogP contribution < -0.4 is 10.8 Å². The van der Waals surface area contributed by atoms with Gasteiger partial charge in [0, 0.05) is 16.3 Å². The van der Waals surface area contributed by atoms with E-state index >= 15 is 0 Å². The number of hydrogen-bond acceptors (Lipinski definition) is 3. The SMILES string of the molecule is C=c1c(C)nn2c(=O)c(C)c(-c3ccc(C)cc3C)nc12. The molecule has 0 N–H and O–H groups in total. The van der Waals surface area contributed by atoms with Gasteiger partial charge in [0.25, 0.3) is 5.56 Å². The molecule has 0 atom stereocenters. The molecule has 0 aliphatic rings. The van der Waals surface area contributed by atoms with E-state index in [0.29, 0.717) is 16.4 Å². The van der Waals surface area contributed by atoms with Crippen molar-refractivity contribution in [1.82, 2.24) is 14.6 Å². The smallest absolute Gasteiger partial charge is 0.267 e. The minimum atomic E-state index is -0.132. The zero-order chi connectivity index (χ0) is 15.3. The van der Waals surface area contributed by atoms with Crippen molar-refractivity contribution in [2.75, 3.05) is 0 Å². The standard InChI is InChI=1S/C17H17N3O/c1-9-6-7-14(10(2)8-9)15-12(4)17(21)20-16(18-15)11(3)13(5)19-20/h6-8H,3H2,1-2,4-5H3. The molecule has 21 heavy (non-hydrogen) atoms. The lowest BCUT2D eigenvalue weighted by molar-refractivity contribution is 0.870. The second-order valence-corrected chi connectivity index (χ2v) is 5.51. The van der Waals surface area contributed by atoms with Gasteiger partial charge in [0.15, 0.2) is 5.65 Å². The average molecular weight is 279 g/mol. The molecule has 3 aromatic rings. The van der Waals surface area contributed by atoms with E-state index in [9.17, 15) is 4.79 Å². The molecule has 2 aromatic heterocycles. The second kappa shape index (κ2) is 4.52. The molecule has 0 aliphatic carbocycles. The monoisotopic (exact) mass is 279 g/mol. The van der Waals surface area contributed by atoms with E-state index in [1.165, 1.54) is 10.1 Å². The zero-order valence-electron chi connectivity index (χ0n) is 12.7. The van der Waals surface area contributed by atoms with Crippen LogP contribution >= 0.6 is 0 Å². The molecule has 4 nitrogen and oxygen atoms in total. The minimum absolute atomic E-state index is 0.132. The molecule has 3 rings (SSSR count). The predicted molar refractivity (Wildman–Crippen MR) is 84.4 cm³/mol. The van der Waals surface area contributed by atoms with E-state index in [4.69, 9.17) is 0 Å². The summed E-state index contributed by atoms with van der Waals surface area (Å²) in [6, 6.07) is 6.14. The number of aryl methyl sites for hydroxylation is 3. The summed E-state index contributed by atoms with van der Waals surface area (Å²) in [5.41, 5.74) is 5.75. The van der Waals surface area contributed by atoms with Gasteiger partial charge < -0.3 is 0 Å². The third-order valence-electron chi connectivity index (χ3n) is 3.88. The fourth-order valence-corrected chi connectivity index (χ4v) is 2.60. The van der Waals surface area contributed by atoms with Gasteiger partial charge in [-0.05, 0) is 33.3 Å². The molecule has 1 aromatic carbocycles. The van der Waals surface area contributed by atoms with E-state index in [0.717, 1.165) is 22.5 Å². The van der Waals surface area contributed by atoms with Gasteiger partial charge in [0.1, 0.15) is 0 Å². The number of nitrogens with zero attached hydrogens (tertiary/aromatic N) is 3. The predicted octanol–water partition coefficient (Wildman–Crippen LogP) is 2.12. The van der Waals surface area contributed by atoms with E-state index in [1.807, 2.05) is 32.9 Å². The van der Waals surface area contributed by atoms with Gasteiger partial charge in [0.2, 0.25) is 0 Å². The highest BCUT2D eigenvalue weighted by Crippen LogP contribution is 2.24. The zero-order valence-corrected chi connectivity index (χ0v) is 12.7. The largest absolute Gasteiger partial charge is 0.278 e. The lowest BCUT2D eigenvalue weighted by Gasteiger charge is -2.09. The van der Waals surface area contributed by atoms with Crippen LogP contribution in [-0.4, -0.2) is 14.6 Å². The molecule has 0 fully saturated rings. The van der Waals surface area contributed by atoms with Gasteiger partial charge in [-0.3, -0.25) is 4.79 Å². The van der Waals surface area contributed by atoms with Crippen molar-refractivity contribution < 1.29 is 0 Å². The molecule has 0 amide bonds. The Labute approximate surface area is 122 Å². The number of hydrogen-bond donors (Lipinski definition) is 0. The quantitative estimate of drug-likeness (QED) is 0.685. The molecule has 106 valence electrons. The van der Waals surface area contributed by atoms with Crippen LogP contribution in [0.3, 0.4) is 0 Å². The maximum Gasteiger partial charge on any atom is 0.278 e. The van der Waals surface area contributed by atoms with Crippen molar-refractivity contribution in [3.05, 3.63) is 56.2 Å². The number of rotatable bonds is 1. The Morgan fingerprint density at radius 3 is 2.52 bits per heavy atom. The molecular formula is C17H17N3O. The fraction of sp³-hybridized carbons (Fsp3) is 0.235. The van der Waals surface area contributed by atoms with Crippen LogP contribution in [0, 0.1) is 27.7 Å². The van der Waals surface area contributed by atoms with Crippen molar-refractivity contribution in [1.29, 1.82) is 0 Å². The summed E-state index contributed by atoms with van der Waals surface area (Å²) < 4.78 is 1.35. The minimum Gasteiger partial charge on any atom is -0.267 e. The van der Waals surface area contributed by atoms with Crippen molar-refractivity contribution >= 4 is 12.2 Å². The third-order valence-corrected chi connectivity index (χ3v) is 3.88. The normalized spacial score (nSPS) is 11.2. The topological polar surface area (TPSA) is 47.3 Å². The van der Waals surface area contributed by atoms with Crippen molar-refractivity contribution in [2.45, 2.75) is 27.7 Å². The highest BCUT2D eigenvalue weighted by Gasteiger charge is 2.15. The van der Waals surface area contributed by atoms with Gasteiger partial charge in [-0.2, -0.15) is 9.61 Å². The number of fused-ring (bicyclic) bond motifs is 1. The van der Waals surface area contributed by atoms with Gasteiger partial charge in [-0.1, -0.05) is 30.3 Å². The summed E-state index contributed by atoms with van der Waals surface area (Å²) >= 11 is 0. The van der Waals surface area contributed by atoms with E-state index in [-0.39, 0.29) is 5.56 Å². The Balaban J connectivity index is 2.43. The Kier molecular flexibility index (Phi) is 2.90. The van der Waals surface area contributed by atoms with E-state index in [1.54, 1.807) is 6.92 Å². The van der Waals surface area contributed by atoms with Gasteiger partial charge in [-0.25, -0.2) is 4.98 Å². The molecule has 0 aliphatic heterocycles. The van der Waals surface area contributed by atoms with Gasteiger partial charge >= 0.3 is 0 Å². The van der Waals surface area contributed by atoms with Crippen molar-refractivity contribution in [2.24, 2.45) is 0 Å². The molecule has 0 saturated heterocycles. The Bertz CT molecular complexity index is 970. The number of aromatic nitrogens is 3. The third kappa shape index (κ3) is 1.95. The Morgan fingerprint density at radius 1 is 1.14 bits per heavy atom. The van der Waals surface area contributed by atoms with Crippen LogP contribution in [0.5, 0.6) is 0 Å². The average Bonchev–Trinajstić information content (AvgIpc) is 2.71. The van der Waals surface area contributed by atoms with Gasteiger partial charge in [-0.15, -0.1) is 0 Å². The summed E-state index contributed by atoms with van der Waals surface area (Å²) in [5.74, 6) is 0. The Hall–Kier alpha value is -2.49. The first-order chi connectivity index (χ1) is 9.90. The molecule has 0 spiro atoms. The van der Waals surface area contributed by atoms with Crippen molar-refractivity contribution in [3.63, 3.8) is 0 Å². The summed E-state index contributed by atoms with van der Waals surface area (Å²) in [4.78, 5) is 17.2. The highest BCUT2D eigenvalue weighted by molar-refractivity contribution is 5.69. The molecule has 0 bridgehead atoms. The molecular weight excluding hydrogens is 262 g/mol. The maximum atomic E-state index is 12.5. The number of benzene rings is 1. The van der Waals surface area contributed by atoms with Crippen LogP contribution in [0.15, 0.2) is 23.0 Å². The summed E-state index contributed by atoms with van der Waals surface area (Å²) in [6.07, 6.45) is 0. The van der Waals surface area contributed by atoms with Crippen LogP contribution in [0.1, 0.15) is 22.4 Å². The highest BCUT2D eigenvalue weighted by atomic mass is 16.1. The lowest BCUT2D eigenvalue weighted by Crippen LogP contribution is -2.20. The molecule has 0 saturated carbocycles. The maximum absolute atomic E-state index is 12.5. The molecule has 0 unspecified atom stereocenters. The van der Waals surface area contributed by atoms with Crippen molar-refractivity contribution in [3.8, 4) is 11.3 Å².